The monoisotopic (exact) mass is 398 g/mol. The molecule has 1 atom stereocenters. The molecule has 1 fully saturated rings. The molecule has 1 saturated heterocycles. The second-order valence-corrected chi connectivity index (χ2v) is 8.22. The standard InChI is InChI=1S/C21H29F3N2O2/c1-19(2)18(28-19)10-8-6-4-3-5-7-9-15-27-17-13-11-16(12-14-17)20(25-26-20)21(22,23)24/h11-14,18H,3-10,15H2,1-2H3. The van der Waals surface area contributed by atoms with E-state index < -0.39 is 11.8 Å². The molecule has 0 aliphatic carbocycles. The molecule has 4 nitrogen and oxygen atoms in total. The van der Waals surface area contributed by atoms with Crippen molar-refractivity contribution in [2.24, 2.45) is 10.2 Å². The van der Waals surface area contributed by atoms with Gasteiger partial charge in [0.15, 0.2) is 0 Å². The van der Waals surface area contributed by atoms with Crippen LogP contribution in [0.3, 0.4) is 0 Å². The number of hydrogen-bond acceptors (Lipinski definition) is 4. The second-order valence-electron chi connectivity index (χ2n) is 8.22. The lowest BCUT2D eigenvalue weighted by molar-refractivity contribution is -0.166. The quantitative estimate of drug-likeness (QED) is 0.296. The minimum atomic E-state index is -4.49. The number of hydrogen-bond donors (Lipinski definition) is 0. The van der Waals surface area contributed by atoms with E-state index in [1.165, 1.54) is 50.7 Å². The molecule has 0 saturated carbocycles. The summed E-state index contributed by atoms with van der Waals surface area (Å²) in [6.45, 7) is 4.87. The Morgan fingerprint density at radius 3 is 1.96 bits per heavy atom. The normalized spacial score (nSPS) is 21.5. The van der Waals surface area contributed by atoms with Gasteiger partial charge in [0.25, 0.3) is 0 Å². The topological polar surface area (TPSA) is 46.5 Å². The predicted octanol–water partition coefficient (Wildman–Crippen LogP) is 6.54. The molecule has 3 rings (SSSR count). The van der Waals surface area contributed by atoms with Crippen LogP contribution in [0.1, 0.15) is 70.8 Å². The highest BCUT2D eigenvalue weighted by molar-refractivity contribution is 5.35. The van der Waals surface area contributed by atoms with Gasteiger partial charge in [-0.1, -0.05) is 50.7 Å². The first-order chi connectivity index (χ1) is 13.2. The van der Waals surface area contributed by atoms with Crippen LogP contribution >= 0.6 is 0 Å². The van der Waals surface area contributed by atoms with Crippen LogP contribution in [0.25, 0.3) is 0 Å². The lowest BCUT2D eigenvalue weighted by Gasteiger charge is -2.15. The number of rotatable bonds is 12. The number of epoxide rings is 1. The van der Waals surface area contributed by atoms with Crippen LogP contribution in [-0.4, -0.2) is 24.5 Å². The van der Waals surface area contributed by atoms with E-state index >= 15 is 0 Å². The minimum absolute atomic E-state index is 0.0316. The minimum Gasteiger partial charge on any atom is -0.494 e. The summed E-state index contributed by atoms with van der Waals surface area (Å²) < 4.78 is 50.0. The van der Waals surface area contributed by atoms with E-state index in [-0.39, 0.29) is 11.2 Å². The highest BCUT2D eigenvalue weighted by Crippen LogP contribution is 2.52. The van der Waals surface area contributed by atoms with Gasteiger partial charge in [-0.3, -0.25) is 0 Å². The molecule has 2 heterocycles. The molecule has 28 heavy (non-hydrogen) atoms. The molecular formula is C21H29F3N2O2. The highest BCUT2D eigenvalue weighted by atomic mass is 19.4. The third-order valence-electron chi connectivity index (χ3n) is 5.50. The third kappa shape index (κ3) is 5.25. The summed E-state index contributed by atoms with van der Waals surface area (Å²) >= 11 is 0. The summed E-state index contributed by atoms with van der Waals surface area (Å²) in [6.07, 6.45) is 5.37. The Balaban J connectivity index is 1.20. The molecule has 0 spiro atoms. The Morgan fingerprint density at radius 1 is 0.929 bits per heavy atom. The van der Waals surface area contributed by atoms with Crippen LogP contribution in [0, 0.1) is 0 Å². The van der Waals surface area contributed by atoms with Crippen LogP contribution in [0.15, 0.2) is 34.5 Å². The van der Waals surface area contributed by atoms with Gasteiger partial charge in [-0.05, 0) is 38.8 Å². The first-order valence-electron chi connectivity index (χ1n) is 10.2. The van der Waals surface area contributed by atoms with Gasteiger partial charge >= 0.3 is 11.8 Å². The molecule has 0 N–H and O–H groups in total. The summed E-state index contributed by atoms with van der Waals surface area (Å²) in [6, 6.07) is 5.88. The summed E-state index contributed by atoms with van der Waals surface area (Å²) in [5.41, 5.74) is -2.21. The summed E-state index contributed by atoms with van der Waals surface area (Å²) in [7, 11) is 0. The van der Waals surface area contributed by atoms with Gasteiger partial charge in [0, 0.05) is 5.56 Å². The van der Waals surface area contributed by atoms with Crippen LogP contribution in [0.2, 0.25) is 0 Å². The van der Waals surface area contributed by atoms with Crippen molar-refractivity contribution in [1.29, 1.82) is 0 Å². The fraction of sp³-hybridized carbons (Fsp3) is 0.714. The van der Waals surface area contributed by atoms with E-state index in [0.29, 0.717) is 18.5 Å². The second kappa shape index (κ2) is 8.39. The average molecular weight is 398 g/mol. The van der Waals surface area contributed by atoms with Crippen molar-refractivity contribution >= 4 is 0 Å². The smallest absolute Gasteiger partial charge is 0.442 e. The Kier molecular flexibility index (Phi) is 6.32. The van der Waals surface area contributed by atoms with E-state index in [0.717, 1.165) is 12.8 Å². The van der Waals surface area contributed by atoms with Crippen LogP contribution in [0.5, 0.6) is 5.75 Å². The predicted molar refractivity (Wildman–Crippen MR) is 100 cm³/mol. The first-order valence-corrected chi connectivity index (χ1v) is 10.2. The van der Waals surface area contributed by atoms with Crippen molar-refractivity contribution in [3.63, 3.8) is 0 Å². The molecular weight excluding hydrogens is 369 g/mol. The van der Waals surface area contributed by atoms with E-state index in [1.807, 2.05) is 0 Å². The Bertz CT molecular complexity index is 665. The number of unbranched alkanes of at least 4 members (excludes halogenated alkanes) is 6. The van der Waals surface area contributed by atoms with E-state index in [9.17, 15) is 13.2 Å². The Morgan fingerprint density at radius 2 is 1.46 bits per heavy atom. The number of alkyl halides is 3. The zero-order valence-electron chi connectivity index (χ0n) is 16.6. The molecule has 0 bridgehead atoms. The third-order valence-corrected chi connectivity index (χ3v) is 5.50. The van der Waals surface area contributed by atoms with Crippen LogP contribution < -0.4 is 4.74 Å². The van der Waals surface area contributed by atoms with Gasteiger partial charge in [-0.2, -0.15) is 13.2 Å². The average Bonchev–Trinajstić information content (AvgIpc) is 3.53. The molecule has 1 unspecified atom stereocenters. The van der Waals surface area contributed by atoms with Crippen molar-refractivity contribution in [2.45, 2.75) is 88.8 Å². The number of halogens is 3. The molecule has 156 valence electrons. The zero-order valence-corrected chi connectivity index (χ0v) is 16.6. The SMILES string of the molecule is CC1(C)OC1CCCCCCCCCOc1ccc(C2(C(F)(F)F)N=N2)cc1. The van der Waals surface area contributed by atoms with Gasteiger partial charge in [0.05, 0.1) is 18.3 Å². The van der Waals surface area contributed by atoms with Crippen molar-refractivity contribution in [3.05, 3.63) is 29.8 Å². The van der Waals surface area contributed by atoms with Gasteiger partial charge in [0.2, 0.25) is 0 Å². The molecule has 0 radical (unpaired) electrons. The summed E-state index contributed by atoms with van der Waals surface area (Å²) in [4.78, 5) is 0. The van der Waals surface area contributed by atoms with Gasteiger partial charge < -0.3 is 9.47 Å². The van der Waals surface area contributed by atoms with Gasteiger partial charge in [0.1, 0.15) is 5.75 Å². The van der Waals surface area contributed by atoms with Crippen molar-refractivity contribution < 1.29 is 22.6 Å². The van der Waals surface area contributed by atoms with Crippen molar-refractivity contribution in [3.8, 4) is 5.75 Å². The van der Waals surface area contributed by atoms with Crippen LogP contribution in [-0.2, 0) is 10.4 Å². The van der Waals surface area contributed by atoms with Crippen LogP contribution in [0.4, 0.5) is 13.2 Å². The Labute approximate surface area is 164 Å². The molecule has 0 amide bonds. The lowest BCUT2D eigenvalue weighted by Crippen LogP contribution is -2.29. The summed E-state index contributed by atoms with van der Waals surface area (Å²) in [5, 5.41) is 6.40. The lowest BCUT2D eigenvalue weighted by atomic mass is 10.0. The first kappa shape index (κ1) is 21.1. The maximum atomic E-state index is 12.9. The van der Waals surface area contributed by atoms with Gasteiger partial charge in [-0.25, -0.2) is 0 Å². The van der Waals surface area contributed by atoms with Crippen molar-refractivity contribution in [1.82, 2.24) is 0 Å². The number of ether oxygens (including phenoxy) is 2. The molecule has 1 aromatic carbocycles. The fourth-order valence-electron chi connectivity index (χ4n) is 3.47. The summed E-state index contributed by atoms with van der Waals surface area (Å²) in [5.74, 6) is 0.576. The maximum Gasteiger partial charge on any atom is 0.442 e. The highest BCUT2D eigenvalue weighted by Gasteiger charge is 2.65. The van der Waals surface area contributed by atoms with E-state index in [4.69, 9.17) is 9.47 Å². The maximum absolute atomic E-state index is 12.9. The molecule has 0 aromatic heterocycles. The number of nitrogens with zero attached hydrogens (tertiary/aromatic N) is 2. The molecule has 7 heteroatoms. The van der Waals surface area contributed by atoms with Gasteiger partial charge in [-0.15, -0.1) is 10.2 Å². The molecule has 2 aliphatic rings. The van der Waals surface area contributed by atoms with E-state index in [2.05, 4.69) is 24.1 Å². The fourth-order valence-corrected chi connectivity index (χ4v) is 3.47. The largest absolute Gasteiger partial charge is 0.494 e. The van der Waals surface area contributed by atoms with E-state index in [1.54, 1.807) is 12.1 Å². The van der Waals surface area contributed by atoms with Crippen molar-refractivity contribution in [2.75, 3.05) is 6.61 Å². The molecule has 2 aliphatic heterocycles. The zero-order chi connectivity index (χ0) is 20.3. The number of benzene rings is 1. The Hall–Kier alpha value is -1.63. The molecule has 1 aromatic rings.